The van der Waals surface area contributed by atoms with Crippen molar-refractivity contribution in [1.82, 2.24) is 0 Å². The Balaban J connectivity index is 2.11. The first-order chi connectivity index (χ1) is 10.9. The summed E-state index contributed by atoms with van der Waals surface area (Å²) in [5.74, 6) is -1.27. The molecule has 2 aliphatic rings. The number of ketones is 1. The Morgan fingerprint density at radius 2 is 2.00 bits per heavy atom. The van der Waals surface area contributed by atoms with Gasteiger partial charge in [-0.3, -0.25) is 9.59 Å². The fourth-order valence-corrected chi connectivity index (χ4v) is 3.28. The molecule has 2 aliphatic heterocycles. The molecule has 6 nitrogen and oxygen atoms in total. The third-order valence-corrected chi connectivity index (χ3v) is 4.71. The van der Waals surface area contributed by atoms with Crippen molar-refractivity contribution in [2.45, 2.75) is 45.3 Å². The van der Waals surface area contributed by atoms with E-state index in [0.717, 1.165) is 5.56 Å². The maximum atomic E-state index is 12.4. The molecule has 124 valence electrons. The molecule has 1 aromatic carbocycles. The van der Waals surface area contributed by atoms with Crippen LogP contribution in [-0.4, -0.2) is 34.1 Å². The summed E-state index contributed by atoms with van der Waals surface area (Å²) < 4.78 is 5.96. The predicted molar refractivity (Wildman–Crippen MR) is 83.4 cm³/mol. The highest BCUT2D eigenvalue weighted by molar-refractivity contribution is 6.08. The number of fused-ring (bicyclic) bond motifs is 1. The van der Waals surface area contributed by atoms with Gasteiger partial charge >= 0.3 is 0 Å². The molecule has 0 spiro atoms. The van der Waals surface area contributed by atoms with E-state index in [9.17, 15) is 19.8 Å². The van der Waals surface area contributed by atoms with Crippen LogP contribution in [0, 0.1) is 11.8 Å². The Bertz CT molecular complexity index is 657. The molecule has 1 amide bonds. The highest BCUT2D eigenvalue weighted by Crippen LogP contribution is 2.39. The van der Waals surface area contributed by atoms with Gasteiger partial charge in [0, 0.05) is 17.5 Å². The monoisotopic (exact) mass is 319 g/mol. The summed E-state index contributed by atoms with van der Waals surface area (Å²) in [5.41, 5.74) is 1.09. The van der Waals surface area contributed by atoms with Crippen LogP contribution in [0.5, 0.6) is 11.5 Å². The first-order valence-electron chi connectivity index (χ1n) is 7.92. The number of carbonyl (C=O) groups excluding carboxylic acids is 2. The Morgan fingerprint density at radius 3 is 2.74 bits per heavy atom. The molecule has 4 unspecified atom stereocenters. The first-order valence-corrected chi connectivity index (χ1v) is 7.92. The van der Waals surface area contributed by atoms with E-state index in [1.165, 1.54) is 6.07 Å². The standard InChI is InChI=1S/C17H21NO5/c1-8-5-14-13(20)4-3-10-6-11(19)7-12(16(10)23-14)18-17(22)9(2)15(8)21/h6-9,13-14,19-20H,3-5H2,1-2H3,(H,18,22). The third-order valence-electron chi connectivity index (χ3n) is 4.71. The highest BCUT2D eigenvalue weighted by Gasteiger charge is 2.35. The molecule has 2 heterocycles. The molecule has 4 atom stereocenters. The number of hydrogen-bond donors (Lipinski definition) is 3. The number of rotatable bonds is 0. The molecule has 3 rings (SSSR count). The van der Waals surface area contributed by atoms with Crippen LogP contribution in [0.2, 0.25) is 0 Å². The van der Waals surface area contributed by atoms with Crippen LogP contribution in [-0.2, 0) is 16.0 Å². The molecule has 0 radical (unpaired) electrons. The van der Waals surface area contributed by atoms with Gasteiger partial charge in [0.15, 0.2) is 0 Å². The SMILES string of the molecule is CC1CC2Oc3c(cc(O)cc3NC(=O)C(C)C1=O)CCC2O. The smallest absolute Gasteiger partial charge is 0.234 e. The van der Waals surface area contributed by atoms with Gasteiger partial charge in [-0.1, -0.05) is 6.92 Å². The third kappa shape index (κ3) is 2.91. The van der Waals surface area contributed by atoms with E-state index >= 15 is 0 Å². The lowest BCUT2D eigenvalue weighted by molar-refractivity contribution is -0.133. The first kappa shape index (κ1) is 15.8. The number of benzene rings is 1. The van der Waals surface area contributed by atoms with Gasteiger partial charge < -0.3 is 20.3 Å². The van der Waals surface area contributed by atoms with Crippen molar-refractivity contribution in [2.24, 2.45) is 11.8 Å². The lowest BCUT2D eigenvalue weighted by Crippen LogP contribution is -2.38. The van der Waals surface area contributed by atoms with Crippen molar-refractivity contribution in [2.75, 3.05) is 5.32 Å². The summed E-state index contributed by atoms with van der Waals surface area (Å²) in [6.45, 7) is 3.33. The van der Waals surface area contributed by atoms with Gasteiger partial charge in [-0.05, 0) is 32.3 Å². The molecular formula is C17H21NO5. The normalized spacial score (nSPS) is 30.9. The van der Waals surface area contributed by atoms with Crippen LogP contribution in [0.15, 0.2) is 12.1 Å². The number of anilines is 1. The minimum absolute atomic E-state index is 0.0139. The number of aryl methyl sites for hydroxylation is 1. The average Bonchev–Trinajstić information content (AvgIpc) is 2.65. The number of hydrogen-bond acceptors (Lipinski definition) is 5. The number of Topliss-reactive ketones (excluding diaryl/α,β-unsaturated/α-hetero) is 1. The Morgan fingerprint density at radius 1 is 1.26 bits per heavy atom. The van der Waals surface area contributed by atoms with E-state index in [1.54, 1.807) is 19.9 Å². The molecule has 23 heavy (non-hydrogen) atoms. The number of phenols is 1. The summed E-state index contributed by atoms with van der Waals surface area (Å²) >= 11 is 0. The quantitative estimate of drug-likeness (QED) is 0.632. The second-order valence-electron chi connectivity index (χ2n) is 6.49. The second kappa shape index (κ2) is 5.85. The van der Waals surface area contributed by atoms with Gasteiger partial charge in [-0.2, -0.15) is 0 Å². The fourth-order valence-electron chi connectivity index (χ4n) is 3.28. The van der Waals surface area contributed by atoms with E-state index in [4.69, 9.17) is 4.74 Å². The summed E-state index contributed by atoms with van der Waals surface area (Å²) in [6.07, 6.45) is 0.156. The van der Waals surface area contributed by atoms with E-state index < -0.39 is 24.0 Å². The maximum Gasteiger partial charge on any atom is 0.234 e. The Labute approximate surface area is 134 Å². The minimum Gasteiger partial charge on any atom is -0.508 e. The van der Waals surface area contributed by atoms with Crippen molar-refractivity contribution in [3.63, 3.8) is 0 Å². The zero-order valence-electron chi connectivity index (χ0n) is 13.2. The molecule has 0 saturated carbocycles. The highest BCUT2D eigenvalue weighted by atomic mass is 16.5. The van der Waals surface area contributed by atoms with E-state index in [-0.39, 0.29) is 17.5 Å². The Kier molecular flexibility index (Phi) is 4.02. The summed E-state index contributed by atoms with van der Waals surface area (Å²) in [4.78, 5) is 24.7. The largest absolute Gasteiger partial charge is 0.508 e. The number of aliphatic hydroxyl groups is 1. The zero-order valence-corrected chi connectivity index (χ0v) is 13.2. The molecule has 6 heteroatoms. The number of phenolic OH excluding ortho intramolecular Hbond substituents is 1. The van der Waals surface area contributed by atoms with Gasteiger partial charge in [0.2, 0.25) is 5.91 Å². The van der Waals surface area contributed by atoms with Gasteiger partial charge in [0.05, 0.1) is 17.7 Å². The molecule has 2 bridgehead atoms. The topological polar surface area (TPSA) is 95.9 Å². The van der Waals surface area contributed by atoms with Gasteiger partial charge in [0.25, 0.3) is 0 Å². The molecule has 0 aliphatic carbocycles. The minimum atomic E-state index is -0.791. The van der Waals surface area contributed by atoms with Crippen LogP contribution in [0.4, 0.5) is 5.69 Å². The average molecular weight is 319 g/mol. The number of carbonyl (C=O) groups is 2. The van der Waals surface area contributed by atoms with Gasteiger partial charge in [-0.15, -0.1) is 0 Å². The lowest BCUT2D eigenvalue weighted by atomic mass is 9.88. The van der Waals surface area contributed by atoms with E-state index in [0.29, 0.717) is 30.7 Å². The number of amides is 1. The van der Waals surface area contributed by atoms with Crippen molar-refractivity contribution < 1.29 is 24.5 Å². The van der Waals surface area contributed by atoms with E-state index in [2.05, 4.69) is 5.32 Å². The van der Waals surface area contributed by atoms with Crippen LogP contribution < -0.4 is 10.1 Å². The van der Waals surface area contributed by atoms with Crippen molar-refractivity contribution in [3.05, 3.63) is 17.7 Å². The summed E-state index contributed by atoms with van der Waals surface area (Å²) in [6, 6.07) is 3.00. The van der Waals surface area contributed by atoms with Gasteiger partial charge in [0.1, 0.15) is 23.4 Å². The maximum absolute atomic E-state index is 12.4. The Hall–Kier alpha value is -2.08. The summed E-state index contributed by atoms with van der Waals surface area (Å²) in [7, 11) is 0. The number of aromatic hydroxyl groups is 1. The fraction of sp³-hybridized carbons (Fsp3) is 0.529. The molecule has 0 fully saturated rings. The molecule has 1 aromatic rings. The van der Waals surface area contributed by atoms with Gasteiger partial charge in [-0.25, -0.2) is 0 Å². The molecule has 3 N–H and O–H groups in total. The van der Waals surface area contributed by atoms with Crippen molar-refractivity contribution in [1.29, 1.82) is 0 Å². The molecule has 0 saturated heterocycles. The van der Waals surface area contributed by atoms with Crippen molar-refractivity contribution in [3.8, 4) is 11.5 Å². The van der Waals surface area contributed by atoms with E-state index in [1.807, 2.05) is 0 Å². The zero-order chi connectivity index (χ0) is 16.7. The van der Waals surface area contributed by atoms with Crippen LogP contribution >= 0.6 is 0 Å². The lowest BCUT2D eigenvalue weighted by Gasteiger charge is -2.28. The molecular weight excluding hydrogens is 298 g/mol. The van der Waals surface area contributed by atoms with Crippen LogP contribution in [0.1, 0.15) is 32.3 Å². The second-order valence-corrected chi connectivity index (χ2v) is 6.49. The van der Waals surface area contributed by atoms with Crippen LogP contribution in [0.25, 0.3) is 0 Å². The summed E-state index contributed by atoms with van der Waals surface area (Å²) in [5, 5.41) is 22.9. The number of ether oxygens (including phenoxy) is 1. The number of nitrogens with one attached hydrogen (secondary N) is 1. The van der Waals surface area contributed by atoms with Crippen LogP contribution in [0.3, 0.4) is 0 Å². The predicted octanol–water partition coefficient (Wildman–Crippen LogP) is 1.63. The number of aliphatic hydroxyl groups excluding tert-OH is 1. The molecule has 0 aromatic heterocycles. The van der Waals surface area contributed by atoms with Crippen molar-refractivity contribution >= 4 is 17.4 Å².